The Kier molecular flexibility index (Phi) is 5.50. The fourth-order valence-electron chi connectivity index (χ4n) is 2.30. The molecule has 0 aliphatic heterocycles. The van der Waals surface area contributed by atoms with Crippen molar-refractivity contribution in [1.29, 1.82) is 0 Å². The number of rotatable bonds is 6. The van der Waals surface area contributed by atoms with Gasteiger partial charge in [0.2, 0.25) is 0 Å². The molecule has 0 saturated carbocycles. The van der Waals surface area contributed by atoms with Crippen LogP contribution in [0.25, 0.3) is 0 Å². The number of carbonyl (C=O) groups is 1. The largest absolute Gasteiger partial charge is 0.329 e. The summed E-state index contributed by atoms with van der Waals surface area (Å²) in [4.78, 5) is 26.8. The first-order valence-electron chi connectivity index (χ1n) is 7.56. The van der Waals surface area contributed by atoms with E-state index in [0.29, 0.717) is 0 Å². The van der Waals surface area contributed by atoms with Gasteiger partial charge >= 0.3 is 6.03 Å². The summed E-state index contributed by atoms with van der Waals surface area (Å²) in [7, 11) is 0. The van der Waals surface area contributed by atoms with Gasteiger partial charge in [0.25, 0.3) is 5.69 Å². The van der Waals surface area contributed by atoms with Gasteiger partial charge in [0.1, 0.15) is 5.01 Å². The molecular weight excluding hydrogens is 328 g/mol. The number of amides is 2. The average Bonchev–Trinajstić information content (AvgIpc) is 3.06. The molecule has 2 N–H and O–H groups in total. The van der Waals surface area contributed by atoms with Gasteiger partial charge < -0.3 is 10.6 Å². The van der Waals surface area contributed by atoms with E-state index in [0.717, 1.165) is 17.0 Å². The van der Waals surface area contributed by atoms with E-state index >= 15 is 0 Å². The SMILES string of the molecule is CC[C@H](NC(=O)NC(C)(C)c1ccc([N+](=O)[O-])cc1)c1nccs1. The third-order valence-electron chi connectivity index (χ3n) is 3.69. The Morgan fingerprint density at radius 1 is 1.38 bits per heavy atom. The Balaban J connectivity index is 2.04. The number of aromatic nitrogens is 1. The van der Waals surface area contributed by atoms with Crippen LogP contribution in [0.2, 0.25) is 0 Å². The number of nitrogens with one attached hydrogen (secondary N) is 2. The Hall–Kier alpha value is -2.48. The number of hydrogen-bond acceptors (Lipinski definition) is 5. The highest BCUT2D eigenvalue weighted by molar-refractivity contribution is 7.09. The molecule has 1 aromatic carbocycles. The van der Waals surface area contributed by atoms with Crippen molar-refractivity contribution in [3.63, 3.8) is 0 Å². The summed E-state index contributed by atoms with van der Waals surface area (Å²) >= 11 is 1.50. The zero-order chi connectivity index (χ0) is 17.7. The molecule has 0 saturated heterocycles. The number of hydrogen-bond donors (Lipinski definition) is 2. The van der Waals surface area contributed by atoms with Crippen LogP contribution in [0.15, 0.2) is 35.8 Å². The van der Waals surface area contributed by atoms with Crippen molar-refractivity contribution in [1.82, 2.24) is 15.6 Å². The Morgan fingerprint density at radius 2 is 2.04 bits per heavy atom. The molecule has 0 aliphatic carbocycles. The fourth-order valence-corrected chi connectivity index (χ4v) is 3.07. The molecule has 8 heteroatoms. The summed E-state index contributed by atoms with van der Waals surface area (Å²) in [5.41, 5.74) is 0.139. The van der Waals surface area contributed by atoms with Crippen molar-refractivity contribution in [3.8, 4) is 0 Å². The van der Waals surface area contributed by atoms with Gasteiger partial charge in [0, 0.05) is 23.7 Å². The first kappa shape index (κ1) is 17.9. The van der Waals surface area contributed by atoms with Crippen molar-refractivity contribution >= 4 is 23.1 Å². The maximum absolute atomic E-state index is 12.3. The third kappa shape index (κ3) is 4.29. The quantitative estimate of drug-likeness (QED) is 0.614. The molecule has 24 heavy (non-hydrogen) atoms. The van der Waals surface area contributed by atoms with Gasteiger partial charge in [-0.2, -0.15) is 0 Å². The molecule has 2 rings (SSSR count). The Labute approximate surface area is 144 Å². The van der Waals surface area contributed by atoms with Crippen LogP contribution in [0, 0.1) is 10.1 Å². The van der Waals surface area contributed by atoms with E-state index < -0.39 is 10.5 Å². The summed E-state index contributed by atoms with van der Waals surface area (Å²) in [6.45, 7) is 5.67. The summed E-state index contributed by atoms with van der Waals surface area (Å²) < 4.78 is 0. The van der Waals surface area contributed by atoms with Crippen LogP contribution in [0.4, 0.5) is 10.5 Å². The van der Waals surface area contributed by atoms with Crippen molar-refractivity contribution in [3.05, 3.63) is 56.5 Å². The molecule has 128 valence electrons. The van der Waals surface area contributed by atoms with Crippen molar-refractivity contribution in [2.75, 3.05) is 0 Å². The molecule has 2 amide bonds. The van der Waals surface area contributed by atoms with Gasteiger partial charge in [0.15, 0.2) is 0 Å². The van der Waals surface area contributed by atoms with Gasteiger partial charge in [-0.3, -0.25) is 10.1 Å². The van der Waals surface area contributed by atoms with Crippen LogP contribution in [-0.4, -0.2) is 15.9 Å². The number of urea groups is 1. The number of benzene rings is 1. The molecule has 0 aliphatic rings. The predicted molar refractivity (Wildman–Crippen MR) is 92.9 cm³/mol. The molecule has 0 fully saturated rings. The molecule has 2 aromatic rings. The van der Waals surface area contributed by atoms with Crippen molar-refractivity contribution < 1.29 is 9.72 Å². The molecule has 1 atom stereocenters. The minimum absolute atomic E-state index is 0.0221. The molecule has 0 unspecified atom stereocenters. The van der Waals surface area contributed by atoms with Crippen LogP contribution < -0.4 is 10.6 Å². The fraction of sp³-hybridized carbons (Fsp3) is 0.375. The Bertz CT molecular complexity index is 699. The van der Waals surface area contributed by atoms with E-state index in [1.54, 1.807) is 18.3 Å². The van der Waals surface area contributed by atoms with Gasteiger partial charge in [-0.05, 0) is 38.0 Å². The predicted octanol–water partition coefficient (Wildman–Crippen LogP) is 3.74. The second kappa shape index (κ2) is 7.39. The molecule has 1 heterocycles. The van der Waals surface area contributed by atoms with Crippen molar-refractivity contribution in [2.24, 2.45) is 0 Å². The second-order valence-electron chi connectivity index (χ2n) is 5.86. The van der Waals surface area contributed by atoms with Gasteiger partial charge in [-0.25, -0.2) is 9.78 Å². The highest BCUT2D eigenvalue weighted by Crippen LogP contribution is 2.23. The topological polar surface area (TPSA) is 97.2 Å². The zero-order valence-electron chi connectivity index (χ0n) is 13.8. The number of nitro benzene ring substituents is 1. The maximum atomic E-state index is 12.3. The van der Waals surface area contributed by atoms with E-state index in [4.69, 9.17) is 0 Å². The minimum atomic E-state index is -0.666. The smallest absolute Gasteiger partial charge is 0.316 e. The Morgan fingerprint density at radius 3 is 2.54 bits per heavy atom. The van der Waals surface area contributed by atoms with E-state index in [1.807, 2.05) is 26.2 Å². The summed E-state index contributed by atoms with van der Waals surface area (Å²) in [6.07, 6.45) is 2.45. The van der Waals surface area contributed by atoms with Gasteiger partial charge in [0.05, 0.1) is 16.5 Å². The second-order valence-corrected chi connectivity index (χ2v) is 6.78. The lowest BCUT2D eigenvalue weighted by Crippen LogP contribution is -2.47. The first-order valence-corrected chi connectivity index (χ1v) is 8.44. The van der Waals surface area contributed by atoms with E-state index in [9.17, 15) is 14.9 Å². The number of nitro groups is 1. The lowest BCUT2D eigenvalue weighted by atomic mass is 9.94. The van der Waals surface area contributed by atoms with Crippen LogP contribution in [0.5, 0.6) is 0 Å². The van der Waals surface area contributed by atoms with Gasteiger partial charge in [-0.1, -0.05) is 6.92 Å². The van der Waals surface area contributed by atoms with Gasteiger partial charge in [-0.15, -0.1) is 11.3 Å². The highest BCUT2D eigenvalue weighted by atomic mass is 32.1. The summed E-state index contributed by atoms with van der Waals surface area (Å²) in [5.74, 6) is 0. The van der Waals surface area contributed by atoms with E-state index in [2.05, 4.69) is 15.6 Å². The number of thiazole rings is 1. The molecule has 0 bridgehead atoms. The normalized spacial score (nSPS) is 12.5. The van der Waals surface area contributed by atoms with Crippen LogP contribution in [0.3, 0.4) is 0 Å². The zero-order valence-corrected chi connectivity index (χ0v) is 14.6. The minimum Gasteiger partial charge on any atom is -0.329 e. The molecule has 0 spiro atoms. The highest BCUT2D eigenvalue weighted by Gasteiger charge is 2.25. The molecular formula is C16H20N4O3S. The van der Waals surface area contributed by atoms with Crippen LogP contribution in [0.1, 0.15) is 43.8 Å². The molecule has 0 radical (unpaired) electrons. The molecule has 1 aromatic heterocycles. The standard InChI is InChI=1S/C16H20N4O3S/c1-4-13(14-17-9-10-24-14)18-15(21)19-16(2,3)11-5-7-12(8-6-11)20(22)23/h5-10,13H,4H2,1-3H3,(H2,18,19,21)/t13-/m0/s1. The van der Waals surface area contributed by atoms with Crippen LogP contribution in [-0.2, 0) is 5.54 Å². The lowest BCUT2D eigenvalue weighted by molar-refractivity contribution is -0.384. The monoisotopic (exact) mass is 348 g/mol. The number of non-ortho nitro benzene ring substituents is 1. The first-order chi connectivity index (χ1) is 11.3. The van der Waals surface area contributed by atoms with E-state index in [1.165, 1.54) is 23.5 Å². The summed E-state index contributed by atoms with van der Waals surface area (Å²) in [6, 6.07) is 5.72. The third-order valence-corrected chi connectivity index (χ3v) is 4.58. The molecule has 7 nitrogen and oxygen atoms in total. The number of nitrogens with zero attached hydrogens (tertiary/aromatic N) is 2. The van der Waals surface area contributed by atoms with Crippen LogP contribution >= 0.6 is 11.3 Å². The lowest BCUT2D eigenvalue weighted by Gasteiger charge is -2.28. The average molecular weight is 348 g/mol. The number of carbonyl (C=O) groups excluding carboxylic acids is 1. The van der Waals surface area contributed by atoms with Crippen molar-refractivity contribution in [2.45, 2.75) is 38.8 Å². The van der Waals surface area contributed by atoms with E-state index in [-0.39, 0.29) is 17.8 Å². The maximum Gasteiger partial charge on any atom is 0.316 e. The summed E-state index contributed by atoms with van der Waals surface area (Å²) in [5, 5.41) is 19.3.